The highest BCUT2D eigenvalue weighted by atomic mass is 32.2. The van der Waals surface area contributed by atoms with Crippen LogP contribution in [0.4, 0.5) is 16.2 Å². The standard InChI is InChI=1S/C18H17N3OS2/c1-13-12-24-18(23-2)21(13)16-11-7-6-10-15(16)20-17(22)19-14-8-4-3-5-9-14/h3-12H,1-2H3,(H-,19,20,22)/p+1. The SMILES string of the molecule is CSc1scc(C)[n+]1-c1ccccc1NC(=O)Nc1ccccc1. The van der Waals surface area contributed by atoms with Crippen LogP contribution in [-0.2, 0) is 0 Å². The van der Waals surface area contributed by atoms with Crippen LogP contribution >= 0.6 is 23.1 Å². The molecule has 1 aromatic heterocycles. The van der Waals surface area contributed by atoms with Crippen molar-refractivity contribution in [2.45, 2.75) is 11.3 Å². The third-order valence-corrected chi connectivity index (χ3v) is 5.63. The number of amides is 2. The minimum Gasteiger partial charge on any atom is -0.308 e. The lowest BCUT2D eigenvalue weighted by molar-refractivity contribution is -0.634. The highest BCUT2D eigenvalue weighted by molar-refractivity contribution is 8.00. The molecule has 2 aromatic carbocycles. The van der Waals surface area contributed by atoms with Crippen LogP contribution in [0.1, 0.15) is 5.69 Å². The zero-order valence-corrected chi connectivity index (χ0v) is 15.1. The first-order valence-electron chi connectivity index (χ1n) is 7.45. The van der Waals surface area contributed by atoms with Crippen molar-refractivity contribution in [2.75, 3.05) is 16.9 Å². The van der Waals surface area contributed by atoms with Crippen LogP contribution in [0.25, 0.3) is 5.69 Å². The number of anilines is 2. The average molecular weight is 356 g/mol. The predicted octanol–water partition coefficient (Wildman–Crippen LogP) is 4.70. The summed E-state index contributed by atoms with van der Waals surface area (Å²) >= 11 is 3.39. The maximum absolute atomic E-state index is 12.3. The van der Waals surface area contributed by atoms with Gasteiger partial charge in [0.1, 0.15) is 5.69 Å². The van der Waals surface area contributed by atoms with Gasteiger partial charge < -0.3 is 10.6 Å². The molecule has 0 fully saturated rings. The number of carbonyl (C=O) groups is 1. The first-order chi connectivity index (χ1) is 11.7. The van der Waals surface area contributed by atoms with Crippen LogP contribution < -0.4 is 15.2 Å². The monoisotopic (exact) mass is 356 g/mol. The fraction of sp³-hybridized carbons (Fsp3) is 0.111. The lowest BCUT2D eigenvalue weighted by atomic mass is 10.2. The number of rotatable bonds is 4. The molecule has 0 saturated heterocycles. The van der Waals surface area contributed by atoms with Gasteiger partial charge in [-0.2, -0.15) is 0 Å². The normalized spacial score (nSPS) is 10.4. The number of thioether (sulfide) groups is 1. The van der Waals surface area contributed by atoms with E-state index in [4.69, 9.17) is 0 Å². The number of nitrogens with zero attached hydrogens (tertiary/aromatic N) is 1. The van der Waals surface area contributed by atoms with Gasteiger partial charge in [-0.15, -0.1) is 4.57 Å². The molecule has 0 bridgehead atoms. The van der Waals surface area contributed by atoms with E-state index in [9.17, 15) is 4.79 Å². The molecule has 0 saturated carbocycles. The molecule has 6 heteroatoms. The van der Waals surface area contributed by atoms with Crippen molar-refractivity contribution in [2.24, 2.45) is 0 Å². The summed E-state index contributed by atoms with van der Waals surface area (Å²) in [5.41, 5.74) is 3.63. The van der Waals surface area contributed by atoms with Crippen molar-refractivity contribution >= 4 is 40.5 Å². The van der Waals surface area contributed by atoms with Gasteiger partial charge in [0.15, 0.2) is 5.69 Å². The molecule has 0 radical (unpaired) electrons. The summed E-state index contributed by atoms with van der Waals surface area (Å²) in [6.07, 6.45) is 2.06. The van der Waals surface area contributed by atoms with Gasteiger partial charge >= 0.3 is 10.4 Å². The average Bonchev–Trinajstić information content (AvgIpc) is 2.97. The molecule has 0 atom stereocenters. The Hall–Kier alpha value is -2.31. The molecule has 0 aliphatic rings. The largest absolute Gasteiger partial charge is 0.323 e. The number of thiazole rings is 1. The van der Waals surface area contributed by atoms with Crippen molar-refractivity contribution in [1.82, 2.24) is 0 Å². The van der Waals surface area contributed by atoms with E-state index in [1.165, 1.54) is 4.34 Å². The number of nitrogens with one attached hydrogen (secondary N) is 2. The summed E-state index contributed by atoms with van der Waals surface area (Å²) in [6.45, 7) is 2.07. The van der Waals surface area contributed by atoms with E-state index in [0.717, 1.165) is 22.8 Å². The number of para-hydroxylation sites is 3. The summed E-state index contributed by atoms with van der Waals surface area (Å²) in [6, 6.07) is 17.0. The molecule has 0 aliphatic carbocycles. The predicted molar refractivity (Wildman–Crippen MR) is 101 cm³/mol. The second-order valence-electron chi connectivity index (χ2n) is 5.14. The molecule has 3 rings (SSSR count). The highest BCUT2D eigenvalue weighted by Crippen LogP contribution is 2.24. The van der Waals surface area contributed by atoms with E-state index in [1.54, 1.807) is 23.1 Å². The molecular weight excluding hydrogens is 338 g/mol. The van der Waals surface area contributed by atoms with Gasteiger partial charge in [-0.05, 0) is 36.2 Å². The van der Waals surface area contributed by atoms with Crippen LogP contribution in [0.2, 0.25) is 0 Å². The Bertz CT molecular complexity index is 846. The summed E-state index contributed by atoms with van der Waals surface area (Å²) in [5, 5.41) is 7.91. The van der Waals surface area contributed by atoms with Gasteiger partial charge in [-0.25, -0.2) is 4.79 Å². The number of aryl methyl sites for hydroxylation is 1. The van der Waals surface area contributed by atoms with Crippen molar-refractivity contribution in [3.8, 4) is 5.69 Å². The molecule has 2 N–H and O–H groups in total. The van der Waals surface area contributed by atoms with E-state index in [0.29, 0.717) is 0 Å². The Balaban J connectivity index is 1.87. The molecular formula is C18H18N3OS2+. The van der Waals surface area contributed by atoms with E-state index in [1.807, 2.05) is 54.6 Å². The minimum absolute atomic E-state index is 0.257. The Morgan fingerprint density at radius 1 is 1.04 bits per heavy atom. The second kappa shape index (κ2) is 7.51. The molecule has 2 amide bonds. The molecule has 1 heterocycles. The van der Waals surface area contributed by atoms with Gasteiger partial charge in [0, 0.05) is 18.7 Å². The van der Waals surface area contributed by atoms with Crippen molar-refractivity contribution in [3.05, 3.63) is 65.7 Å². The van der Waals surface area contributed by atoms with Gasteiger partial charge in [0.25, 0.3) is 0 Å². The number of urea groups is 1. The number of carbonyl (C=O) groups excluding carboxylic acids is 1. The van der Waals surface area contributed by atoms with Crippen LogP contribution in [0.15, 0.2) is 64.3 Å². The molecule has 0 aliphatic heterocycles. The lowest BCUT2D eigenvalue weighted by Crippen LogP contribution is -2.35. The fourth-order valence-electron chi connectivity index (χ4n) is 2.39. The van der Waals surface area contributed by atoms with Crippen molar-refractivity contribution in [3.63, 3.8) is 0 Å². The van der Waals surface area contributed by atoms with Gasteiger partial charge in [-0.3, -0.25) is 0 Å². The van der Waals surface area contributed by atoms with E-state index in [2.05, 4.69) is 33.8 Å². The van der Waals surface area contributed by atoms with Gasteiger partial charge in [0.05, 0.1) is 5.38 Å². The Labute approximate surface area is 149 Å². The number of benzene rings is 2. The maximum atomic E-state index is 12.3. The van der Waals surface area contributed by atoms with E-state index >= 15 is 0 Å². The smallest absolute Gasteiger partial charge is 0.308 e. The molecule has 3 aromatic rings. The van der Waals surface area contributed by atoms with Crippen LogP contribution in [-0.4, -0.2) is 12.3 Å². The van der Waals surface area contributed by atoms with Crippen molar-refractivity contribution < 1.29 is 9.36 Å². The minimum atomic E-state index is -0.257. The van der Waals surface area contributed by atoms with Crippen molar-refractivity contribution in [1.29, 1.82) is 0 Å². The number of aromatic nitrogens is 1. The van der Waals surface area contributed by atoms with E-state index in [-0.39, 0.29) is 6.03 Å². The van der Waals surface area contributed by atoms with Gasteiger partial charge in [0.2, 0.25) is 5.69 Å². The van der Waals surface area contributed by atoms with Crippen LogP contribution in [0.3, 0.4) is 0 Å². The number of hydrogen-bond donors (Lipinski definition) is 2. The lowest BCUT2D eigenvalue weighted by Gasteiger charge is -2.09. The highest BCUT2D eigenvalue weighted by Gasteiger charge is 2.23. The summed E-state index contributed by atoms with van der Waals surface area (Å²) in [4.78, 5) is 12.3. The second-order valence-corrected chi connectivity index (χ2v) is 7.06. The summed E-state index contributed by atoms with van der Waals surface area (Å²) in [7, 11) is 0. The molecule has 24 heavy (non-hydrogen) atoms. The molecule has 122 valence electrons. The molecule has 4 nitrogen and oxygen atoms in total. The van der Waals surface area contributed by atoms with Crippen LogP contribution in [0.5, 0.6) is 0 Å². The summed E-state index contributed by atoms with van der Waals surface area (Å²) < 4.78 is 3.33. The molecule has 0 spiro atoms. The fourth-order valence-corrected chi connectivity index (χ4v) is 4.07. The first kappa shape index (κ1) is 16.5. The Morgan fingerprint density at radius 3 is 2.50 bits per heavy atom. The van der Waals surface area contributed by atoms with Gasteiger partial charge in [-0.1, -0.05) is 41.7 Å². The summed E-state index contributed by atoms with van der Waals surface area (Å²) in [5.74, 6) is 0. The van der Waals surface area contributed by atoms with E-state index < -0.39 is 0 Å². The first-order valence-corrected chi connectivity index (χ1v) is 9.56. The van der Waals surface area contributed by atoms with Crippen LogP contribution in [0, 0.1) is 6.92 Å². The zero-order chi connectivity index (χ0) is 16.9. The zero-order valence-electron chi connectivity index (χ0n) is 13.4. The maximum Gasteiger partial charge on any atom is 0.323 e. The Kier molecular flexibility index (Phi) is 5.17. The Morgan fingerprint density at radius 2 is 1.75 bits per heavy atom. The molecule has 0 unspecified atom stereocenters. The third-order valence-electron chi connectivity index (χ3n) is 3.47. The quantitative estimate of drug-likeness (QED) is 0.526. The third kappa shape index (κ3) is 3.60. The number of hydrogen-bond acceptors (Lipinski definition) is 3. The topological polar surface area (TPSA) is 45.0 Å².